The molecule has 0 spiro atoms. The average Bonchev–Trinajstić information content (AvgIpc) is 2.87. The third-order valence-electron chi connectivity index (χ3n) is 6.34. The fourth-order valence-corrected chi connectivity index (χ4v) is 4.30. The number of benzene rings is 2. The predicted molar refractivity (Wildman–Crippen MR) is 131 cm³/mol. The SMILES string of the molecule is OC[C@@H](c1ccc(Nc2ncc(-c3ccc(OC(F)F)cc3)cn2)cc1)C(O)NC1CCC(O)CC1. The Morgan fingerprint density at radius 1 is 0.917 bits per heavy atom. The van der Waals surface area contributed by atoms with Gasteiger partial charge in [-0.15, -0.1) is 0 Å². The molecule has 1 heterocycles. The Labute approximate surface area is 208 Å². The molecule has 4 rings (SSSR count). The van der Waals surface area contributed by atoms with Gasteiger partial charge in [0.2, 0.25) is 5.95 Å². The largest absolute Gasteiger partial charge is 0.435 e. The fraction of sp³-hybridized carbons (Fsp3) is 0.385. The van der Waals surface area contributed by atoms with Crippen molar-refractivity contribution in [1.29, 1.82) is 0 Å². The number of anilines is 2. The van der Waals surface area contributed by atoms with Crippen LogP contribution in [0, 0.1) is 0 Å². The van der Waals surface area contributed by atoms with Crippen LogP contribution in [0.25, 0.3) is 11.1 Å². The van der Waals surface area contributed by atoms with Gasteiger partial charge in [-0.1, -0.05) is 24.3 Å². The highest BCUT2D eigenvalue weighted by Crippen LogP contribution is 2.26. The van der Waals surface area contributed by atoms with Crippen molar-refractivity contribution >= 4 is 11.6 Å². The maximum absolute atomic E-state index is 12.3. The maximum Gasteiger partial charge on any atom is 0.387 e. The summed E-state index contributed by atoms with van der Waals surface area (Å²) in [5, 5.41) is 36.5. The van der Waals surface area contributed by atoms with E-state index in [9.17, 15) is 24.1 Å². The highest BCUT2D eigenvalue weighted by atomic mass is 19.3. The van der Waals surface area contributed by atoms with E-state index in [0.29, 0.717) is 18.8 Å². The van der Waals surface area contributed by atoms with Gasteiger partial charge in [-0.3, -0.25) is 5.32 Å². The molecular formula is C26H30F2N4O4. The monoisotopic (exact) mass is 500 g/mol. The minimum Gasteiger partial charge on any atom is -0.435 e. The molecule has 10 heteroatoms. The normalized spacial score (nSPS) is 19.6. The number of hydrogen-bond donors (Lipinski definition) is 5. The lowest BCUT2D eigenvalue weighted by Gasteiger charge is -2.31. The Hall–Kier alpha value is -3.18. The summed E-state index contributed by atoms with van der Waals surface area (Å²) >= 11 is 0. The molecular weight excluding hydrogens is 470 g/mol. The van der Waals surface area contributed by atoms with Gasteiger partial charge in [0.25, 0.3) is 0 Å². The smallest absolute Gasteiger partial charge is 0.387 e. The third kappa shape index (κ3) is 6.94. The van der Waals surface area contributed by atoms with E-state index >= 15 is 0 Å². The Morgan fingerprint density at radius 2 is 1.56 bits per heavy atom. The van der Waals surface area contributed by atoms with Gasteiger partial charge in [-0.05, 0) is 61.1 Å². The molecule has 1 saturated carbocycles. The van der Waals surface area contributed by atoms with Crippen LogP contribution in [0.5, 0.6) is 5.75 Å². The van der Waals surface area contributed by atoms with Crippen molar-refractivity contribution in [3.8, 4) is 16.9 Å². The molecule has 0 saturated heterocycles. The van der Waals surface area contributed by atoms with E-state index in [2.05, 4.69) is 25.3 Å². The van der Waals surface area contributed by atoms with E-state index in [-0.39, 0.29) is 24.5 Å². The van der Waals surface area contributed by atoms with E-state index < -0.39 is 18.8 Å². The lowest BCUT2D eigenvalue weighted by Crippen LogP contribution is -2.45. The molecule has 192 valence electrons. The summed E-state index contributed by atoms with van der Waals surface area (Å²) in [6.45, 7) is -3.08. The van der Waals surface area contributed by atoms with E-state index in [4.69, 9.17) is 0 Å². The molecule has 36 heavy (non-hydrogen) atoms. The topological polar surface area (TPSA) is 120 Å². The average molecular weight is 501 g/mol. The van der Waals surface area contributed by atoms with Gasteiger partial charge in [0.1, 0.15) is 12.0 Å². The number of alkyl halides is 2. The van der Waals surface area contributed by atoms with Crippen LogP contribution in [-0.4, -0.2) is 56.9 Å². The molecule has 1 fully saturated rings. The van der Waals surface area contributed by atoms with Gasteiger partial charge < -0.3 is 25.4 Å². The predicted octanol–water partition coefficient (Wildman–Crippen LogP) is 3.78. The molecule has 0 bridgehead atoms. The van der Waals surface area contributed by atoms with Crippen LogP contribution in [0.2, 0.25) is 0 Å². The van der Waals surface area contributed by atoms with Crippen LogP contribution < -0.4 is 15.4 Å². The molecule has 0 radical (unpaired) electrons. The van der Waals surface area contributed by atoms with Crippen LogP contribution in [0.15, 0.2) is 60.9 Å². The number of hydrogen-bond acceptors (Lipinski definition) is 8. The van der Waals surface area contributed by atoms with Crippen LogP contribution in [0.4, 0.5) is 20.4 Å². The number of rotatable bonds is 10. The fourth-order valence-electron chi connectivity index (χ4n) is 4.30. The Morgan fingerprint density at radius 3 is 2.14 bits per heavy atom. The number of nitrogens with zero attached hydrogens (tertiary/aromatic N) is 2. The number of aliphatic hydroxyl groups excluding tert-OH is 3. The zero-order chi connectivity index (χ0) is 25.5. The summed E-state index contributed by atoms with van der Waals surface area (Å²) in [5.41, 5.74) is 3.01. The Balaban J connectivity index is 1.34. The molecule has 1 unspecified atom stereocenters. The van der Waals surface area contributed by atoms with E-state index in [1.165, 1.54) is 12.1 Å². The molecule has 5 N–H and O–H groups in total. The maximum atomic E-state index is 12.3. The summed E-state index contributed by atoms with van der Waals surface area (Å²) in [5.74, 6) is -0.0278. The standard InChI is InChI=1S/C26H30F2N4O4/c27-25(28)36-22-11-3-16(4-12-22)18-13-29-26(30-14-18)32-20-5-1-17(2-6-20)23(15-33)24(35)31-19-7-9-21(34)10-8-19/h1-6,11-14,19,21,23-25,31,33-35H,7-10,15H2,(H,29,30,32)/t19?,21?,23-,24?/m0/s1. The molecule has 2 aromatic carbocycles. The van der Waals surface area contributed by atoms with Crippen molar-refractivity contribution in [3.63, 3.8) is 0 Å². The molecule has 8 nitrogen and oxygen atoms in total. The molecule has 1 aromatic heterocycles. The quantitative estimate of drug-likeness (QED) is 0.267. The van der Waals surface area contributed by atoms with Crippen molar-refractivity contribution < 1.29 is 28.8 Å². The highest BCUT2D eigenvalue weighted by molar-refractivity contribution is 5.63. The van der Waals surface area contributed by atoms with E-state index in [1.807, 2.05) is 24.3 Å². The second kappa shape index (κ2) is 12.2. The first-order valence-electron chi connectivity index (χ1n) is 11.9. The number of nitrogens with one attached hydrogen (secondary N) is 2. The second-order valence-electron chi connectivity index (χ2n) is 8.85. The number of aliphatic hydroxyl groups is 3. The lowest BCUT2D eigenvalue weighted by molar-refractivity contribution is -0.0498. The first kappa shape index (κ1) is 25.9. The minimum atomic E-state index is -2.87. The molecule has 0 aliphatic heterocycles. The summed E-state index contributed by atoms with van der Waals surface area (Å²) in [4.78, 5) is 8.62. The van der Waals surface area contributed by atoms with Crippen molar-refractivity contribution in [3.05, 3.63) is 66.5 Å². The van der Waals surface area contributed by atoms with Gasteiger partial charge in [0.05, 0.1) is 12.7 Å². The number of ether oxygens (including phenoxy) is 1. The molecule has 2 atom stereocenters. The van der Waals surface area contributed by atoms with Crippen molar-refractivity contribution in [2.75, 3.05) is 11.9 Å². The highest BCUT2D eigenvalue weighted by Gasteiger charge is 2.26. The molecule has 3 aromatic rings. The molecule has 0 amide bonds. The molecule has 1 aliphatic rings. The lowest BCUT2D eigenvalue weighted by atomic mass is 9.91. The van der Waals surface area contributed by atoms with Gasteiger partial charge >= 0.3 is 6.61 Å². The van der Waals surface area contributed by atoms with Gasteiger partial charge in [-0.25, -0.2) is 9.97 Å². The van der Waals surface area contributed by atoms with Crippen LogP contribution >= 0.6 is 0 Å². The minimum absolute atomic E-state index is 0.0805. The Bertz CT molecular complexity index is 1080. The summed E-state index contributed by atoms with van der Waals surface area (Å²) < 4.78 is 29.0. The number of aromatic nitrogens is 2. The number of halogens is 2. The third-order valence-corrected chi connectivity index (χ3v) is 6.34. The zero-order valence-corrected chi connectivity index (χ0v) is 19.6. The summed E-state index contributed by atoms with van der Waals surface area (Å²) in [6, 6.07) is 13.6. The van der Waals surface area contributed by atoms with Gasteiger partial charge in [0, 0.05) is 35.6 Å². The van der Waals surface area contributed by atoms with Crippen LogP contribution in [-0.2, 0) is 0 Å². The molecule has 1 aliphatic carbocycles. The van der Waals surface area contributed by atoms with E-state index in [1.54, 1.807) is 24.5 Å². The zero-order valence-electron chi connectivity index (χ0n) is 19.6. The first-order chi connectivity index (χ1) is 17.4. The van der Waals surface area contributed by atoms with Gasteiger partial charge in [-0.2, -0.15) is 8.78 Å². The summed E-state index contributed by atoms with van der Waals surface area (Å²) in [6.07, 6.45) is 5.08. The van der Waals surface area contributed by atoms with E-state index in [0.717, 1.165) is 35.2 Å². The second-order valence-corrected chi connectivity index (χ2v) is 8.85. The summed E-state index contributed by atoms with van der Waals surface area (Å²) in [7, 11) is 0. The van der Waals surface area contributed by atoms with Crippen LogP contribution in [0.1, 0.15) is 37.2 Å². The first-order valence-corrected chi connectivity index (χ1v) is 11.9. The Kier molecular flexibility index (Phi) is 8.76. The van der Waals surface area contributed by atoms with Crippen molar-refractivity contribution in [2.45, 2.75) is 56.6 Å². The van der Waals surface area contributed by atoms with Crippen molar-refractivity contribution in [2.24, 2.45) is 0 Å². The van der Waals surface area contributed by atoms with Crippen molar-refractivity contribution in [1.82, 2.24) is 15.3 Å². The van der Waals surface area contributed by atoms with Crippen LogP contribution in [0.3, 0.4) is 0 Å². The van der Waals surface area contributed by atoms with Gasteiger partial charge in [0.15, 0.2) is 0 Å².